The van der Waals surface area contributed by atoms with Crippen molar-refractivity contribution in [3.05, 3.63) is 65.9 Å². The van der Waals surface area contributed by atoms with Gasteiger partial charge >= 0.3 is 0 Å². The lowest BCUT2D eigenvalue weighted by atomic mass is 9.92. The lowest BCUT2D eigenvalue weighted by Crippen LogP contribution is -2.44. The van der Waals surface area contributed by atoms with Crippen LogP contribution >= 0.6 is 0 Å². The number of rotatable bonds is 2. The molecule has 0 fully saturated rings. The second-order valence-corrected chi connectivity index (χ2v) is 6.73. The van der Waals surface area contributed by atoms with Gasteiger partial charge in [0.2, 0.25) is 5.69 Å². The maximum absolute atomic E-state index is 2.56. The molecular weight excluding hydrogens is 266 g/mol. The van der Waals surface area contributed by atoms with Gasteiger partial charge in [0, 0.05) is 18.9 Å². The number of aryl methyl sites for hydroxylation is 1. The van der Waals surface area contributed by atoms with Crippen LogP contribution in [0, 0.1) is 5.92 Å². The second kappa shape index (κ2) is 5.24. The molecule has 3 aromatic rings. The summed E-state index contributed by atoms with van der Waals surface area (Å²) < 4.78 is 2.56. The first kappa shape index (κ1) is 13.5. The van der Waals surface area contributed by atoms with E-state index in [-0.39, 0.29) is 0 Å². The predicted molar refractivity (Wildman–Crippen MR) is 91.8 cm³/mol. The zero-order valence-electron chi connectivity index (χ0n) is 13.3. The Balaban J connectivity index is 2.07. The molecule has 1 aliphatic heterocycles. The Morgan fingerprint density at radius 2 is 1.77 bits per heavy atom. The van der Waals surface area contributed by atoms with Crippen LogP contribution in [-0.2, 0) is 19.4 Å². The Bertz CT molecular complexity index is 846. The summed E-state index contributed by atoms with van der Waals surface area (Å²) >= 11 is 0. The third-order valence-electron chi connectivity index (χ3n) is 4.65. The number of benzene rings is 2. The zero-order valence-corrected chi connectivity index (χ0v) is 13.3. The topological polar surface area (TPSA) is 3.88 Å². The van der Waals surface area contributed by atoms with Crippen molar-refractivity contribution in [3.63, 3.8) is 0 Å². The summed E-state index contributed by atoms with van der Waals surface area (Å²) in [5.74, 6) is 0.676. The SMILES string of the molecule is CC(C)Cc1cc2ccccc2c2[n+]1CCc1ccccc1-2. The van der Waals surface area contributed by atoms with E-state index in [1.165, 1.54) is 33.3 Å². The molecule has 22 heavy (non-hydrogen) atoms. The van der Waals surface area contributed by atoms with Crippen LogP contribution in [0.5, 0.6) is 0 Å². The summed E-state index contributed by atoms with van der Waals surface area (Å²) in [6.07, 6.45) is 2.28. The van der Waals surface area contributed by atoms with Gasteiger partial charge in [-0.3, -0.25) is 0 Å². The number of fused-ring (bicyclic) bond motifs is 5. The molecule has 2 aromatic carbocycles. The van der Waals surface area contributed by atoms with E-state index in [9.17, 15) is 0 Å². The van der Waals surface area contributed by atoms with Crippen LogP contribution in [0.2, 0.25) is 0 Å². The van der Waals surface area contributed by atoms with Crippen LogP contribution in [0.4, 0.5) is 0 Å². The smallest absolute Gasteiger partial charge is 0.195 e. The van der Waals surface area contributed by atoms with Gasteiger partial charge < -0.3 is 0 Å². The molecule has 1 heteroatoms. The monoisotopic (exact) mass is 288 g/mol. The highest BCUT2D eigenvalue weighted by molar-refractivity contribution is 5.94. The molecule has 0 radical (unpaired) electrons. The molecular formula is C21H22N+. The normalized spacial score (nSPS) is 13.2. The summed E-state index contributed by atoms with van der Waals surface area (Å²) in [5.41, 5.74) is 5.78. The van der Waals surface area contributed by atoms with E-state index >= 15 is 0 Å². The second-order valence-electron chi connectivity index (χ2n) is 6.73. The van der Waals surface area contributed by atoms with Gasteiger partial charge in [-0.05, 0) is 29.0 Å². The first-order valence-corrected chi connectivity index (χ1v) is 8.27. The van der Waals surface area contributed by atoms with Gasteiger partial charge in [-0.15, -0.1) is 0 Å². The molecule has 0 saturated carbocycles. The molecule has 1 aliphatic rings. The van der Waals surface area contributed by atoms with Crippen LogP contribution in [0.25, 0.3) is 22.0 Å². The molecule has 1 nitrogen and oxygen atoms in total. The van der Waals surface area contributed by atoms with Gasteiger partial charge in [0.1, 0.15) is 0 Å². The van der Waals surface area contributed by atoms with E-state index in [0.717, 1.165) is 19.4 Å². The van der Waals surface area contributed by atoms with Gasteiger partial charge in [-0.1, -0.05) is 50.2 Å². The van der Waals surface area contributed by atoms with Crippen molar-refractivity contribution in [2.75, 3.05) is 0 Å². The van der Waals surface area contributed by atoms with Crippen molar-refractivity contribution in [1.82, 2.24) is 0 Å². The fourth-order valence-corrected chi connectivity index (χ4v) is 3.72. The van der Waals surface area contributed by atoms with E-state index in [2.05, 4.69) is 73.0 Å². The Morgan fingerprint density at radius 3 is 2.64 bits per heavy atom. The van der Waals surface area contributed by atoms with Crippen molar-refractivity contribution < 1.29 is 4.57 Å². The average molecular weight is 288 g/mol. The summed E-state index contributed by atoms with van der Waals surface area (Å²) in [6.45, 7) is 5.71. The average Bonchev–Trinajstić information content (AvgIpc) is 2.54. The largest absolute Gasteiger partial charge is 0.220 e. The molecule has 0 N–H and O–H groups in total. The molecule has 0 unspecified atom stereocenters. The maximum atomic E-state index is 2.56. The summed E-state index contributed by atoms with van der Waals surface area (Å²) in [4.78, 5) is 0. The van der Waals surface area contributed by atoms with E-state index in [1.807, 2.05) is 0 Å². The van der Waals surface area contributed by atoms with E-state index in [0.29, 0.717) is 5.92 Å². The van der Waals surface area contributed by atoms with Crippen molar-refractivity contribution in [3.8, 4) is 11.3 Å². The fraction of sp³-hybridized carbons (Fsp3) is 0.286. The molecule has 110 valence electrons. The highest BCUT2D eigenvalue weighted by Gasteiger charge is 2.28. The molecule has 1 aromatic heterocycles. The van der Waals surface area contributed by atoms with Crippen molar-refractivity contribution in [1.29, 1.82) is 0 Å². The standard InChI is InChI=1S/C21H22N/c1-15(2)13-18-14-17-8-4-6-10-20(17)21-19-9-5-3-7-16(19)11-12-22(18)21/h3-10,14-15H,11-13H2,1-2H3/q+1. The summed E-state index contributed by atoms with van der Waals surface area (Å²) in [5, 5.41) is 2.74. The highest BCUT2D eigenvalue weighted by atomic mass is 15.0. The Morgan fingerprint density at radius 1 is 1.00 bits per heavy atom. The van der Waals surface area contributed by atoms with Gasteiger partial charge in [0.25, 0.3) is 0 Å². The number of pyridine rings is 1. The molecule has 0 spiro atoms. The fourth-order valence-electron chi connectivity index (χ4n) is 3.72. The van der Waals surface area contributed by atoms with Gasteiger partial charge in [0.15, 0.2) is 12.2 Å². The van der Waals surface area contributed by atoms with Gasteiger partial charge in [0.05, 0.1) is 10.9 Å². The quantitative estimate of drug-likeness (QED) is 0.609. The van der Waals surface area contributed by atoms with E-state index in [4.69, 9.17) is 0 Å². The minimum absolute atomic E-state index is 0.676. The van der Waals surface area contributed by atoms with Gasteiger partial charge in [-0.25, -0.2) is 0 Å². The van der Waals surface area contributed by atoms with Crippen LogP contribution < -0.4 is 4.57 Å². The Kier molecular flexibility index (Phi) is 3.22. The number of nitrogens with zero attached hydrogens (tertiary/aromatic N) is 1. The van der Waals surface area contributed by atoms with Crippen LogP contribution in [0.15, 0.2) is 54.6 Å². The molecule has 0 bridgehead atoms. The molecule has 0 saturated heterocycles. The molecule has 0 aliphatic carbocycles. The number of hydrogen-bond donors (Lipinski definition) is 0. The minimum Gasteiger partial charge on any atom is -0.195 e. The molecule has 0 amide bonds. The first-order chi connectivity index (χ1) is 10.7. The molecule has 0 atom stereocenters. The minimum atomic E-state index is 0.676. The van der Waals surface area contributed by atoms with Crippen LogP contribution in [0.3, 0.4) is 0 Å². The number of aromatic nitrogens is 1. The first-order valence-electron chi connectivity index (χ1n) is 8.27. The predicted octanol–water partition coefficient (Wildman–Crippen LogP) is 4.55. The third-order valence-corrected chi connectivity index (χ3v) is 4.65. The third kappa shape index (κ3) is 2.12. The molecule has 2 heterocycles. The highest BCUT2D eigenvalue weighted by Crippen LogP contribution is 2.32. The lowest BCUT2D eigenvalue weighted by Gasteiger charge is -2.19. The van der Waals surface area contributed by atoms with Crippen molar-refractivity contribution in [2.45, 2.75) is 33.2 Å². The zero-order chi connectivity index (χ0) is 15.1. The van der Waals surface area contributed by atoms with Crippen LogP contribution in [0.1, 0.15) is 25.1 Å². The van der Waals surface area contributed by atoms with Crippen LogP contribution in [-0.4, -0.2) is 0 Å². The van der Waals surface area contributed by atoms with E-state index in [1.54, 1.807) is 0 Å². The maximum Gasteiger partial charge on any atom is 0.220 e. The Labute approximate surface area is 132 Å². The van der Waals surface area contributed by atoms with Gasteiger partial charge in [-0.2, -0.15) is 4.57 Å². The lowest BCUT2D eigenvalue weighted by molar-refractivity contribution is -0.694. The van der Waals surface area contributed by atoms with Crippen molar-refractivity contribution >= 4 is 10.8 Å². The Hall–Kier alpha value is -2.15. The summed E-state index contributed by atoms with van der Waals surface area (Å²) in [6, 6.07) is 20.1. The van der Waals surface area contributed by atoms with E-state index < -0.39 is 0 Å². The summed E-state index contributed by atoms with van der Waals surface area (Å²) in [7, 11) is 0. The molecule has 4 rings (SSSR count). The van der Waals surface area contributed by atoms with Crippen molar-refractivity contribution in [2.24, 2.45) is 5.92 Å². The number of hydrogen-bond acceptors (Lipinski definition) is 0.